The number of H-pyrrole nitrogens is 1. The smallest absolute Gasteiger partial charge is 0.292 e. The fourth-order valence-corrected chi connectivity index (χ4v) is 3.69. The quantitative estimate of drug-likeness (QED) is 0.585. The number of nitrogens with one attached hydrogen (secondary N) is 1. The van der Waals surface area contributed by atoms with Crippen molar-refractivity contribution in [3.63, 3.8) is 0 Å². The summed E-state index contributed by atoms with van der Waals surface area (Å²) in [7, 11) is 0. The molecule has 27 heavy (non-hydrogen) atoms. The maximum atomic E-state index is 13.3. The van der Waals surface area contributed by atoms with Crippen LogP contribution in [-0.4, -0.2) is 19.3 Å². The number of imidazole rings is 1. The maximum absolute atomic E-state index is 13.3. The maximum Gasteiger partial charge on any atom is 0.329 e. The normalized spacial score (nSPS) is 11.4. The number of halogens is 1. The molecule has 0 aliphatic rings. The number of nitrogens with zero attached hydrogens (tertiary/aromatic N) is 3. The van der Waals surface area contributed by atoms with Gasteiger partial charge in [0.2, 0.25) is 0 Å². The summed E-state index contributed by atoms with van der Waals surface area (Å²) in [5, 5.41) is 7.47. The predicted molar refractivity (Wildman–Crippen MR) is 105 cm³/mol. The highest BCUT2D eigenvalue weighted by atomic mass is 19.1. The van der Waals surface area contributed by atoms with Crippen molar-refractivity contribution in [3.8, 4) is 22.4 Å². The van der Waals surface area contributed by atoms with Crippen molar-refractivity contribution in [1.82, 2.24) is 19.3 Å². The fourth-order valence-electron chi connectivity index (χ4n) is 3.69. The van der Waals surface area contributed by atoms with Gasteiger partial charge in [0.1, 0.15) is 11.5 Å². The molecule has 2 aromatic carbocycles. The summed E-state index contributed by atoms with van der Waals surface area (Å²) in [6.45, 7) is 7.15. The number of rotatable bonds is 4. The summed E-state index contributed by atoms with van der Waals surface area (Å²) in [6.07, 6.45) is 0. The minimum absolute atomic E-state index is 0.00910. The van der Waals surface area contributed by atoms with Gasteiger partial charge < -0.3 is 0 Å². The Morgan fingerprint density at radius 1 is 0.963 bits per heavy atom. The predicted octanol–water partition coefficient (Wildman–Crippen LogP) is 4.35. The highest BCUT2D eigenvalue weighted by Crippen LogP contribution is 2.34. The van der Waals surface area contributed by atoms with E-state index in [4.69, 9.17) is 0 Å². The van der Waals surface area contributed by atoms with E-state index in [0.29, 0.717) is 13.1 Å². The lowest BCUT2D eigenvalue weighted by atomic mass is 9.99. The lowest BCUT2D eigenvalue weighted by Gasteiger charge is -2.07. The van der Waals surface area contributed by atoms with E-state index in [1.165, 1.54) is 12.1 Å². The van der Waals surface area contributed by atoms with E-state index in [0.717, 1.165) is 39.1 Å². The Morgan fingerprint density at radius 2 is 1.59 bits per heavy atom. The molecule has 0 unspecified atom stereocenters. The van der Waals surface area contributed by atoms with Crippen LogP contribution in [0.4, 0.5) is 4.39 Å². The van der Waals surface area contributed by atoms with Crippen LogP contribution in [0.2, 0.25) is 0 Å². The zero-order chi connectivity index (χ0) is 19.1. The lowest BCUT2D eigenvalue weighted by Crippen LogP contribution is -2.22. The monoisotopic (exact) mass is 364 g/mol. The van der Waals surface area contributed by atoms with Crippen LogP contribution in [-0.2, 0) is 13.1 Å². The Labute approximate surface area is 156 Å². The van der Waals surface area contributed by atoms with Crippen LogP contribution in [0.5, 0.6) is 0 Å². The van der Waals surface area contributed by atoms with Gasteiger partial charge in [0.05, 0.1) is 11.0 Å². The molecule has 4 rings (SSSR count). The highest BCUT2D eigenvalue weighted by molar-refractivity contribution is 5.88. The van der Waals surface area contributed by atoms with E-state index < -0.39 is 0 Å². The molecule has 6 heteroatoms. The number of aromatic amines is 1. The molecule has 4 aromatic rings. The average molecular weight is 364 g/mol. The second-order valence-electron chi connectivity index (χ2n) is 6.55. The molecular weight excluding hydrogens is 343 g/mol. The number of aromatic nitrogens is 4. The molecule has 0 saturated heterocycles. The highest BCUT2D eigenvalue weighted by Gasteiger charge is 2.17. The summed E-state index contributed by atoms with van der Waals surface area (Å²) in [5.41, 5.74) is 6.32. The minimum atomic E-state index is -0.276. The Kier molecular flexibility index (Phi) is 4.18. The summed E-state index contributed by atoms with van der Waals surface area (Å²) in [5.74, 6) is -0.276. The van der Waals surface area contributed by atoms with Crippen molar-refractivity contribution < 1.29 is 4.39 Å². The molecule has 0 atom stereocenters. The minimum Gasteiger partial charge on any atom is -0.292 e. The zero-order valence-corrected chi connectivity index (χ0v) is 15.6. The van der Waals surface area contributed by atoms with Gasteiger partial charge in [-0.15, -0.1) is 0 Å². The first-order chi connectivity index (χ1) is 13.0. The molecule has 0 aliphatic heterocycles. The molecular formula is C21H21FN4O. The summed E-state index contributed by atoms with van der Waals surface area (Å²) < 4.78 is 16.9. The van der Waals surface area contributed by atoms with E-state index in [2.05, 4.69) is 10.2 Å². The van der Waals surface area contributed by atoms with Crippen LogP contribution in [0.3, 0.4) is 0 Å². The Balaban J connectivity index is 1.95. The van der Waals surface area contributed by atoms with E-state index >= 15 is 0 Å². The first kappa shape index (κ1) is 17.3. The average Bonchev–Trinajstić information content (AvgIpc) is 3.18. The zero-order valence-electron chi connectivity index (χ0n) is 15.6. The van der Waals surface area contributed by atoms with Crippen LogP contribution < -0.4 is 5.69 Å². The third-order valence-electron chi connectivity index (χ3n) is 5.00. The van der Waals surface area contributed by atoms with Crippen LogP contribution in [0.15, 0.2) is 47.3 Å². The number of hydrogen-bond acceptors (Lipinski definition) is 2. The number of benzene rings is 2. The van der Waals surface area contributed by atoms with Gasteiger partial charge in [-0.05, 0) is 62.7 Å². The van der Waals surface area contributed by atoms with Gasteiger partial charge >= 0.3 is 5.69 Å². The Bertz CT molecular complexity index is 1180. The van der Waals surface area contributed by atoms with Crippen molar-refractivity contribution in [3.05, 3.63) is 64.5 Å². The van der Waals surface area contributed by atoms with Gasteiger partial charge in [0.25, 0.3) is 0 Å². The number of fused-ring (bicyclic) bond motifs is 1. The molecule has 0 radical (unpaired) electrons. The first-order valence-electron chi connectivity index (χ1n) is 9.09. The van der Waals surface area contributed by atoms with Gasteiger partial charge in [0.15, 0.2) is 0 Å². The van der Waals surface area contributed by atoms with Crippen molar-refractivity contribution in [1.29, 1.82) is 0 Å². The number of aryl methyl sites for hydroxylation is 3. The molecule has 2 heterocycles. The first-order valence-corrected chi connectivity index (χ1v) is 9.09. The van der Waals surface area contributed by atoms with E-state index in [9.17, 15) is 9.18 Å². The second-order valence-corrected chi connectivity index (χ2v) is 6.55. The summed E-state index contributed by atoms with van der Waals surface area (Å²) >= 11 is 0. The third kappa shape index (κ3) is 2.68. The Morgan fingerprint density at radius 3 is 2.26 bits per heavy atom. The van der Waals surface area contributed by atoms with Gasteiger partial charge in [-0.3, -0.25) is 14.2 Å². The van der Waals surface area contributed by atoms with Gasteiger partial charge in [0, 0.05) is 29.9 Å². The fraction of sp³-hybridized carbons (Fsp3) is 0.238. The molecule has 0 fully saturated rings. The van der Waals surface area contributed by atoms with Crippen molar-refractivity contribution in [2.75, 3.05) is 0 Å². The summed E-state index contributed by atoms with van der Waals surface area (Å²) in [6, 6.07) is 12.4. The summed E-state index contributed by atoms with van der Waals surface area (Å²) in [4.78, 5) is 12.6. The molecule has 0 aliphatic carbocycles. The molecule has 0 amide bonds. The molecule has 0 bridgehead atoms. The molecule has 2 aromatic heterocycles. The van der Waals surface area contributed by atoms with Crippen LogP contribution in [0.25, 0.3) is 33.4 Å². The lowest BCUT2D eigenvalue weighted by molar-refractivity contribution is 0.628. The van der Waals surface area contributed by atoms with Gasteiger partial charge in [-0.25, -0.2) is 9.18 Å². The van der Waals surface area contributed by atoms with Crippen LogP contribution in [0.1, 0.15) is 19.5 Å². The van der Waals surface area contributed by atoms with Crippen LogP contribution in [0, 0.1) is 12.7 Å². The van der Waals surface area contributed by atoms with Crippen molar-refractivity contribution >= 4 is 11.0 Å². The van der Waals surface area contributed by atoms with Gasteiger partial charge in [-0.1, -0.05) is 6.07 Å². The third-order valence-corrected chi connectivity index (χ3v) is 5.00. The molecule has 0 spiro atoms. The molecule has 5 nitrogen and oxygen atoms in total. The second kappa shape index (κ2) is 6.54. The van der Waals surface area contributed by atoms with E-state index in [1.54, 1.807) is 21.3 Å². The molecule has 1 N–H and O–H groups in total. The molecule has 0 saturated carbocycles. The van der Waals surface area contributed by atoms with E-state index in [1.807, 2.05) is 39.0 Å². The van der Waals surface area contributed by atoms with Gasteiger partial charge in [-0.2, -0.15) is 5.10 Å². The SMILES string of the molecule is CCn1c(=O)n(CC)c2cc(-c3c(-c4ccc(F)cc4)n[nH]c3C)ccc21. The number of hydrogen-bond donors (Lipinski definition) is 1. The van der Waals surface area contributed by atoms with E-state index in [-0.39, 0.29) is 11.5 Å². The standard InChI is InChI=1S/C21H21FN4O/c1-4-25-17-11-8-15(12-18(17)26(5-2)21(25)27)19-13(3)23-24-20(19)14-6-9-16(22)10-7-14/h6-12H,4-5H2,1-3H3,(H,23,24). The molecule has 138 valence electrons. The van der Waals surface area contributed by atoms with Crippen molar-refractivity contribution in [2.45, 2.75) is 33.9 Å². The van der Waals surface area contributed by atoms with Crippen LogP contribution >= 0.6 is 0 Å². The Hall–Kier alpha value is -3.15. The largest absolute Gasteiger partial charge is 0.329 e. The topological polar surface area (TPSA) is 55.6 Å². The van der Waals surface area contributed by atoms with Crippen molar-refractivity contribution in [2.24, 2.45) is 0 Å².